The Bertz CT molecular complexity index is 583. The number of piperidine rings is 1. The number of carbonyl (C=O) groups is 1. The van der Waals surface area contributed by atoms with E-state index in [2.05, 4.69) is 20.6 Å². The van der Waals surface area contributed by atoms with E-state index in [0.717, 1.165) is 19.4 Å². The van der Waals surface area contributed by atoms with Crippen LogP contribution in [-0.2, 0) is 4.79 Å². The van der Waals surface area contributed by atoms with Crippen molar-refractivity contribution in [1.29, 1.82) is 0 Å². The summed E-state index contributed by atoms with van der Waals surface area (Å²) in [6.45, 7) is 1.29. The highest BCUT2D eigenvalue weighted by molar-refractivity contribution is 5.71. The molecule has 1 aliphatic rings. The second-order valence-corrected chi connectivity index (χ2v) is 4.34. The van der Waals surface area contributed by atoms with Gasteiger partial charge < -0.3 is 10.0 Å². The molecule has 0 aromatic carbocycles. The lowest BCUT2D eigenvalue weighted by Crippen LogP contribution is -2.39. The third-order valence-corrected chi connectivity index (χ3v) is 3.15. The van der Waals surface area contributed by atoms with Crippen molar-refractivity contribution < 1.29 is 9.90 Å². The van der Waals surface area contributed by atoms with Crippen LogP contribution in [0.15, 0.2) is 12.1 Å². The summed E-state index contributed by atoms with van der Waals surface area (Å²) in [6, 6.07) is 3.59. The molecule has 8 nitrogen and oxygen atoms in total. The number of fused-ring (bicyclic) bond motifs is 1. The van der Waals surface area contributed by atoms with Gasteiger partial charge in [-0.3, -0.25) is 4.79 Å². The molecular formula is C10H12N6O2. The lowest BCUT2D eigenvalue weighted by Gasteiger charge is -2.31. The van der Waals surface area contributed by atoms with E-state index in [1.54, 1.807) is 6.07 Å². The zero-order chi connectivity index (χ0) is 12.5. The summed E-state index contributed by atoms with van der Waals surface area (Å²) < 4.78 is 1.35. The number of tetrazole rings is 1. The van der Waals surface area contributed by atoms with Gasteiger partial charge in [0.2, 0.25) is 0 Å². The summed E-state index contributed by atoms with van der Waals surface area (Å²) in [5.41, 5.74) is 0.575. The molecule has 0 bridgehead atoms. The summed E-state index contributed by atoms with van der Waals surface area (Å²) in [5, 5.41) is 24.3. The number of carboxylic acid groups (broad SMARTS) is 1. The SMILES string of the molecule is O=C(O)[C@H]1CCCN(c2ccc3nnnn3n2)C1. The highest BCUT2D eigenvalue weighted by atomic mass is 16.4. The van der Waals surface area contributed by atoms with E-state index in [4.69, 9.17) is 5.11 Å². The van der Waals surface area contributed by atoms with Gasteiger partial charge in [-0.1, -0.05) is 0 Å². The first kappa shape index (κ1) is 10.9. The van der Waals surface area contributed by atoms with E-state index in [1.165, 1.54) is 4.63 Å². The van der Waals surface area contributed by atoms with Crippen molar-refractivity contribution in [2.75, 3.05) is 18.0 Å². The highest BCUT2D eigenvalue weighted by Crippen LogP contribution is 2.21. The maximum absolute atomic E-state index is 11.0. The largest absolute Gasteiger partial charge is 0.481 e. The number of aromatic nitrogens is 5. The smallest absolute Gasteiger partial charge is 0.308 e. The molecule has 1 saturated heterocycles. The van der Waals surface area contributed by atoms with Gasteiger partial charge in [-0.25, -0.2) is 0 Å². The van der Waals surface area contributed by atoms with Crippen LogP contribution < -0.4 is 4.90 Å². The maximum Gasteiger partial charge on any atom is 0.308 e. The summed E-state index contributed by atoms with van der Waals surface area (Å²) in [7, 11) is 0. The Morgan fingerprint density at radius 2 is 2.33 bits per heavy atom. The van der Waals surface area contributed by atoms with E-state index in [-0.39, 0.29) is 5.92 Å². The van der Waals surface area contributed by atoms with E-state index < -0.39 is 5.97 Å². The summed E-state index contributed by atoms with van der Waals surface area (Å²) >= 11 is 0. The monoisotopic (exact) mass is 248 g/mol. The predicted molar refractivity (Wildman–Crippen MR) is 61.1 cm³/mol. The van der Waals surface area contributed by atoms with E-state index in [9.17, 15) is 4.79 Å². The van der Waals surface area contributed by atoms with E-state index in [0.29, 0.717) is 18.0 Å². The van der Waals surface area contributed by atoms with Gasteiger partial charge in [0, 0.05) is 13.1 Å². The molecule has 2 aromatic rings. The van der Waals surface area contributed by atoms with Crippen LogP contribution in [0.25, 0.3) is 5.65 Å². The molecular weight excluding hydrogens is 236 g/mol. The first-order chi connectivity index (χ1) is 8.74. The molecule has 3 rings (SSSR count). The van der Waals surface area contributed by atoms with E-state index in [1.807, 2.05) is 11.0 Å². The van der Waals surface area contributed by atoms with Crippen molar-refractivity contribution in [3.05, 3.63) is 12.1 Å². The first-order valence-corrected chi connectivity index (χ1v) is 5.77. The number of rotatable bonds is 2. The minimum atomic E-state index is -0.747. The third kappa shape index (κ3) is 1.85. The highest BCUT2D eigenvalue weighted by Gasteiger charge is 2.26. The molecule has 1 aliphatic heterocycles. The second-order valence-electron chi connectivity index (χ2n) is 4.34. The number of carboxylic acids is 1. The number of hydrogen-bond donors (Lipinski definition) is 1. The lowest BCUT2D eigenvalue weighted by molar-refractivity contribution is -0.141. The van der Waals surface area contributed by atoms with Gasteiger partial charge in [0.05, 0.1) is 5.92 Å². The van der Waals surface area contributed by atoms with Crippen molar-refractivity contribution in [3.8, 4) is 0 Å². The fourth-order valence-corrected chi connectivity index (χ4v) is 2.20. The van der Waals surface area contributed by atoms with Gasteiger partial charge in [0.25, 0.3) is 0 Å². The van der Waals surface area contributed by atoms with Gasteiger partial charge in [0.15, 0.2) is 11.5 Å². The summed E-state index contributed by atoms with van der Waals surface area (Å²) in [6.07, 6.45) is 1.57. The van der Waals surface area contributed by atoms with Crippen LogP contribution >= 0.6 is 0 Å². The van der Waals surface area contributed by atoms with E-state index >= 15 is 0 Å². The molecule has 0 spiro atoms. The van der Waals surface area contributed by atoms with Crippen molar-refractivity contribution >= 4 is 17.4 Å². The zero-order valence-corrected chi connectivity index (χ0v) is 9.60. The Labute approximate surface area is 102 Å². The number of nitrogens with zero attached hydrogens (tertiary/aromatic N) is 6. The molecule has 1 atom stereocenters. The van der Waals surface area contributed by atoms with Crippen molar-refractivity contribution in [2.24, 2.45) is 5.92 Å². The Balaban J connectivity index is 1.86. The second kappa shape index (κ2) is 4.21. The molecule has 1 N–H and O–H groups in total. The van der Waals surface area contributed by atoms with Crippen LogP contribution in [0.3, 0.4) is 0 Å². The molecule has 94 valence electrons. The number of hydrogen-bond acceptors (Lipinski definition) is 6. The maximum atomic E-state index is 11.0. The minimum absolute atomic E-state index is 0.329. The number of aliphatic carboxylic acids is 1. The van der Waals surface area contributed by atoms with Crippen LogP contribution in [0.2, 0.25) is 0 Å². The molecule has 18 heavy (non-hydrogen) atoms. The average Bonchev–Trinajstić information content (AvgIpc) is 2.86. The lowest BCUT2D eigenvalue weighted by atomic mass is 9.98. The van der Waals surface area contributed by atoms with Crippen molar-refractivity contribution in [2.45, 2.75) is 12.8 Å². The van der Waals surface area contributed by atoms with Crippen LogP contribution in [0.1, 0.15) is 12.8 Å². The average molecular weight is 248 g/mol. The standard InChI is InChI=1S/C10H12N6O2/c17-10(18)7-2-1-5-15(6-7)9-4-3-8-11-13-14-16(8)12-9/h3-4,7H,1-2,5-6H2,(H,17,18)/t7-/m0/s1. The molecule has 0 aliphatic carbocycles. The fraction of sp³-hybridized carbons (Fsp3) is 0.500. The van der Waals surface area contributed by atoms with Crippen LogP contribution in [0.4, 0.5) is 5.82 Å². The Kier molecular flexibility index (Phi) is 2.54. The molecule has 1 fully saturated rings. The third-order valence-electron chi connectivity index (χ3n) is 3.15. The normalized spacial score (nSPS) is 20.2. The Morgan fingerprint density at radius 1 is 1.44 bits per heavy atom. The summed E-state index contributed by atoms with van der Waals surface area (Å²) in [4.78, 5) is 13.0. The van der Waals surface area contributed by atoms with Crippen LogP contribution in [-0.4, -0.2) is 49.4 Å². The van der Waals surface area contributed by atoms with Gasteiger partial charge in [-0.15, -0.1) is 14.8 Å². The van der Waals surface area contributed by atoms with Gasteiger partial charge in [-0.05, 0) is 35.4 Å². The van der Waals surface area contributed by atoms with Gasteiger partial charge >= 0.3 is 5.97 Å². The molecule has 0 saturated carbocycles. The first-order valence-electron chi connectivity index (χ1n) is 5.77. The molecule has 0 radical (unpaired) electrons. The molecule has 0 unspecified atom stereocenters. The van der Waals surface area contributed by atoms with Crippen LogP contribution in [0.5, 0.6) is 0 Å². The van der Waals surface area contributed by atoms with Crippen molar-refractivity contribution in [1.82, 2.24) is 25.3 Å². The summed E-state index contributed by atoms with van der Waals surface area (Å²) in [5.74, 6) is -0.367. The molecule has 3 heterocycles. The van der Waals surface area contributed by atoms with Crippen LogP contribution in [0, 0.1) is 5.92 Å². The zero-order valence-electron chi connectivity index (χ0n) is 9.60. The molecule has 8 heteroatoms. The van der Waals surface area contributed by atoms with Crippen molar-refractivity contribution in [3.63, 3.8) is 0 Å². The topological polar surface area (TPSA) is 96.5 Å². The van der Waals surface area contributed by atoms with Gasteiger partial charge in [0.1, 0.15) is 0 Å². The van der Waals surface area contributed by atoms with Gasteiger partial charge in [-0.2, -0.15) is 0 Å². The quantitative estimate of drug-likeness (QED) is 0.787. The Hall–Kier alpha value is -2.25. The Morgan fingerprint density at radius 3 is 3.17 bits per heavy atom. The fourth-order valence-electron chi connectivity index (χ4n) is 2.20. The number of anilines is 1. The predicted octanol–water partition coefficient (Wildman–Crippen LogP) is -0.180. The molecule has 0 amide bonds. The molecule has 2 aromatic heterocycles. The minimum Gasteiger partial charge on any atom is -0.481 e.